The summed E-state index contributed by atoms with van der Waals surface area (Å²) in [6.45, 7) is 7.00. The van der Waals surface area contributed by atoms with Gasteiger partial charge in [-0.2, -0.15) is 0 Å². The lowest BCUT2D eigenvalue weighted by atomic mass is 10.1. The molecule has 1 aromatic heterocycles. The molecule has 0 unspecified atom stereocenters. The number of amides is 1. The topological polar surface area (TPSA) is 60.5 Å². The van der Waals surface area contributed by atoms with Crippen LogP contribution in [0, 0.1) is 12.8 Å². The molecular formula is C18H24N2O3S. The third-order valence-corrected chi connectivity index (χ3v) is 4.51. The van der Waals surface area contributed by atoms with Gasteiger partial charge in [0.2, 0.25) is 0 Å². The molecular weight excluding hydrogens is 324 g/mol. The Morgan fingerprint density at radius 2 is 2.08 bits per heavy atom. The fraction of sp³-hybridized carbons (Fsp3) is 0.444. The lowest BCUT2D eigenvalue weighted by Gasteiger charge is -2.08. The van der Waals surface area contributed by atoms with Crippen molar-refractivity contribution in [3.8, 4) is 11.5 Å². The molecule has 130 valence electrons. The Labute approximate surface area is 147 Å². The van der Waals surface area contributed by atoms with Crippen LogP contribution in [0.3, 0.4) is 0 Å². The van der Waals surface area contributed by atoms with Crippen LogP contribution < -0.4 is 14.8 Å². The molecule has 0 aliphatic rings. The number of methoxy groups -OCH3 is 1. The Bertz CT molecular complexity index is 683. The van der Waals surface area contributed by atoms with Crippen molar-refractivity contribution in [2.45, 2.75) is 27.2 Å². The monoisotopic (exact) mass is 348 g/mol. The number of thiazole rings is 1. The van der Waals surface area contributed by atoms with Crippen molar-refractivity contribution in [1.82, 2.24) is 10.3 Å². The maximum atomic E-state index is 12.3. The molecule has 1 N–H and O–H groups in total. The number of rotatable bonds is 8. The molecule has 0 fully saturated rings. The van der Waals surface area contributed by atoms with Crippen molar-refractivity contribution in [2.75, 3.05) is 20.3 Å². The molecule has 0 bridgehead atoms. The standard InChI is InChI=1S/C18H24N2O3S/c1-12(2)10-16-20-13(3)17(24-16)18(21)19-8-9-23-15-7-5-6-14(11-15)22-4/h5-7,11-12H,8-10H2,1-4H3,(H,19,21). The molecule has 0 spiro atoms. The minimum absolute atomic E-state index is 0.0887. The smallest absolute Gasteiger partial charge is 0.263 e. The van der Waals surface area contributed by atoms with Crippen LogP contribution in [0.4, 0.5) is 0 Å². The molecule has 1 heterocycles. The molecule has 0 saturated carbocycles. The lowest BCUT2D eigenvalue weighted by Crippen LogP contribution is -2.27. The van der Waals surface area contributed by atoms with Crippen LogP contribution in [0.1, 0.15) is 34.2 Å². The third kappa shape index (κ3) is 5.23. The molecule has 24 heavy (non-hydrogen) atoms. The minimum atomic E-state index is -0.0887. The largest absolute Gasteiger partial charge is 0.497 e. The van der Waals surface area contributed by atoms with Crippen LogP contribution in [0.25, 0.3) is 0 Å². The number of benzene rings is 1. The zero-order valence-corrected chi connectivity index (χ0v) is 15.4. The summed E-state index contributed by atoms with van der Waals surface area (Å²) in [7, 11) is 1.62. The maximum Gasteiger partial charge on any atom is 0.263 e. The second-order valence-corrected chi connectivity index (χ2v) is 6.99. The number of ether oxygens (including phenoxy) is 2. The molecule has 2 rings (SSSR count). The molecule has 0 saturated heterocycles. The summed E-state index contributed by atoms with van der Waals surface area (Å²) in [6, 6.07) is 7.39. The molecule has 5 nitrogen and oxygen atoms in total. The average Bonchev–Trinajstić information content (AvgIpc) is 2.91. The first-order chi connectivity index (χ1) is 11.5. The van der Waals surface area contributed by atoms with E-state index in [1.165, 1.54) is 11.3 Å². The highest BCUT2D eigenvalue weighted by molar-refractivity contribution is 7.13. The van der Waals surface area contributed by atoms with E-state index < -0.39 is 0 Å². The van der Waals surface area contributed by atoms with Crippen molar-refractivity contribution < 1.29 is 14.3 Å². The summed E-state index contributed by atoms with van der Waals surface area (Å²) < 4.78 is 10.8. The summed E-state index contributed by atoms with van der Waals surface area (Å²) >= 11 is 1.47. The van der Waals surface area contributed by atoms with Gasteiger partial charge in [-0.3, -0.25) is 4.79 Å². The van der Waals surface area contributed by atoms with E-state index >= 15 is 0 Å². The van der Waals surface area contributed by atoms with E-state index in [1.54, 1.807) is 7.11 Å². The molecule has 6 heteroatoms. The molecule has 1 aromatic carbocycles. The second kappa shape index (κ2) is 8.68. The number of carbonyl (C=O) groups is 1. The highest BCUT2D eigenvalue weighted by Gasteiger charge is 2.15. The van der Waals surface area contributed by atoms with Crippen molar-refractivity contribution in [3.05, 3.63) is 39.8 Å². The first-order valence-corrected chi connectivity index (χ1v) is 8.82. The number of nitrogens with one attached hydrogen (secondary N) is 1. The summed E-state index contributed by atoms with van der Waals surface area (Å²) in [6.07, 6.45) is 0.901. The molecule has 0 atom stereocenters. The maximum absolute atomic E-state index is 12.3. The second-order valence-electron chi connectivity index (χ2n) is 5.90. The SMILES string of the molecule is COc1cccc(OCCNC(=O)c2sc(CC(C)C)nc2C)c1. The first-order valence-electron chi connectivity index (χ1n) is 8.01. The van der Waals surface area contributed by atoms with E-state index in [2.05, 4.69) is 24.1 Å². The van der Waals surface area contributed by atoms with E-state index in [0.29, 0.717) is 23.9 Å². The fourth-order valence-electron chi connectivity index (χ4n) is 2.20. The van der Waals surface area contributed by atoms with Gasteiger partial charge in [-0.1, -0.05) is 19.9 Å². The van der Waals surface area contributed by atoms with Gasteiger partial charge >= 0.3 is 0 Å². The molecule has 2 aromatic rings. The van der Waals surface area contributed by atoms with Crippen molar-refractivity contribution in [3.63, 3.8) is 0 Å². The van der Waals surface area contributed by atoms with Crippen LogP contribution in [0.2, 0.25) is 0 Å². The Morgan fingerprint density at radius 1 is 1.33 bits per heavy atom. The zero-order valence-electron chi connectivity index (χ0n) is 14.6. The summed E-state index contributed by atoms with van der Waals surface area (Å²) in [5.74, 6) is 1.91. The number of nitrogens with zero attached hydrogens (tertiary/aromatic N) is 1. The van der Waals surface area contributed by atoms with Gasteiger partial charge in [0.25, 0.3) is 5.91 Å². The van der Waals surface area contributed by atoms with Crippen LogP contribution in [0.15, 0.2) is 24.3 Å². The Kier molecular flexibility index (Phi) is 6.61. The molecule has 0 radical (unpaired) electrons. The highest BCUT2D eigenvalue weighted by atomic mass is 32.1. The predicted octanol–water partition coefficient (Wildman–Crippen LogP) is 3.47. The van der Waals surface area contributed by atoms with E-state index in [4.69, 9.17) is 9.47 Å². The normalized spacial score (nSPS) is 10.7. The summed E-state index contributed by atoms with van der Waals surface area (Å²) in [4.78, 5) is 17.4. The van der Waals surface area contributed by atoms with Gasteiger partial charge in [-0.05, 0) is 25.0 Å². The number of hydrogen-bond donors (Lipinski definition) is 1. The highest BCUT2D eigenvalue weighted by Crippen LogP contribution is 2.21. The van der Waals surface area contributed by atoms with Crippen molar-refractivity contribution in [1.29, 1.82) is 0 Å². The van der Waals surface area contributed by atoms with Crippen molar-refractivity contribution in [2.24, 2.45) is 5.92 Å². The van der Waals surface area contributed by atoms with Gasteiger partial charge in [0.05, 0.1) is 24.4 Å². The van der Waals surface area contributed by atoms with Crippen LogP contribution in [-0.4, -0.2) is 31.2 Å². The van der Waals surface area contributed by atoms with Gasteiger partial charge in [0.1, 0.15) is 23.0 Å². The van der Waals surface area contributed by atoms with E-state index in [0.717, 1.165) is 28.6 Å². The van der Waals surface area contributed by atoms with Gasteiger partial charge in [0, 0.05) is 12.5 Å². The van der Waals surface area contributed by atoms with Crippen molar-refractivity contribution >= 4 is 17.2 Å². The lowest BCUT2D eigenvalue weighted by molar-refractivity contribution is 0.0950. The Balaban J connectivity index is 1.81. The Hall–Kier alpha value is -2.08. The third-order valence-electron chi connectivity index (χ3n) is 3.33. The van der Waals surface area contributed by atoms with Gasteiger partial charge in [0.15, 0.2) is 0 Å². The quantitative estimate of drug-likeness (QED) is 0.742. The van der Waals surface area contributed by atoms with Gasteiger partial charge < -0.3 is 14.8 Å². The summed E-state index contributed by atoms with van der Waals surface area (Å²) in [5.41, 5.74) is 0.793. The summed E-state index contributed by atoms with van der Waals surface area (Å²) in [5, 5.41) is 3.89. The Morgan fingerprint density at radius 3 is 2.79 bits per heavy atom. The molecule has 1 amide bonds. The first kappa shape index (κ1) is 18.3. The zero-order chi connectivity index (χ0) is 17.5. The average molecular weight is 348 g/mol. The molecule has 0 aliphatic carbocycles. The van der Waals surface area contributed by atoms with Crippen LogP contribution in [0.5, 0.6) is 11.5 Å². The molecule has 0 aliphatic heterocycles. The number of hydrogen-bond acceptors (Lipinski definition) is 5. The van der Waals surface area contributed by atoms with Gasteiger partial charge in [-0.15, -0.1) is 11.3 Å². The fourth-order valence-corrected chi connectivity index (χ4v) is 3.40. The minimum Gasteiger partial charge on any atom is -0.497 e. The number of carbonyl (C=O) groups excluding carboxylic acids is 1. The van der Waals surface area contributed by atoms with E-state index in [-0.39, 0.29) is 5.91 Å². The van der Waals surface area contributed by atoms with Crippen LogP contribution >= 0.6 is 11.3 Å². The number of aromatic nitrogens is 1. The van der Waals surface area contributed by atoms with Crippen LogP contribution in [-0.2, 0) is 6.42 Å². The van der Waals surface area contributed by atoms with Gasteiger partial charge in [-0.25, -0.2) is 4.98 Å². The van der Waals surface area contributed by atoms with E-state index in [9.17, 15) is 4.79 Å². The number of aryl methyl sites for hydroxylation is 1. The predicted molar refractivity (Wildman–Crippen MR) is 96.2 cm³/mol. The van der Waals surface area contributed by atoms with E-state index in [1.807, 2.05) is 31.2 Å².